The van der Waals surface area contributed by atoms with E-state index in [1.165, 1.54) is 69.3 Å². The molecule has 1 aromatic carbocycles. The van der Waals surface area contributed by atoms with E-state index < -0.39 is 0 Å². The summed E-state index contributed by atoms with van der Waals surface area (Å²) in [5.74, 6) is 1.25. The number of phenolic OH excluding ortho intramolecular Hbond substituents is 1. The fourth-order valence-corrected chi connectivity index (χ4v) is 6.16. The van der Waals surface area contributed by atoms with Crippen LogP contribution in [-0.2, 0) is 11.8 Å². The quantitative estimate of drug-likeness (QED) is 0.831. The largest absolute Gasteiger partial charge is 0.508 e. The molecule has 2 bridgehead atoms. The molecule has 3 nitrogen and oxygen atoms in total. The van der Waals surface area contributed by atoms with Crippen molar-refractivity contribution < 1.29 is 5.11 Å². The highest BCUT2D eigenvalue weighted by Gasteiger charge is 2.53. The van der Waals surface area contributed by atoms with E-state index in [9.17, 15) is 5.11 Å². The molecule has 0 amide bonds. The summed E-state index contributed by atoms with van der Waals surface area (Å²) in [4.78, 5) is 5.36. The molecule has 0 aromatic heterocycles. The van der Waals surface area contributed by atoms with Gasteiger partial charge in [-0.05, 0) is 74.5 Å². The maximum Gasteiger partial charge on any atom is 0.115 e. The summed E-state index contributed by atoms with van der Waals surface area (Å²) >= 11 is 0. The van der Waals surface area contributed by atoms with Crippen LogP contribution in [0.5, 0.6) is 5.75 Å². The van der Waals surface area contributed by atoms with Gasteiger partial charge in [0.15, 0.2) is 0 Å². The van der Waals surface area contributed by atoms with E-state index in [1.54, 1.807) is 0 Å². The van der Waals surface area contributed by atoms with Crippen molar-refractivity contribution in [1.82, 2.24) is 9.80 Å². The summed E-state index contributed by atoms with van der Waals surface area (Å²) < 4.78 is 0. The molecule has 4 rings (SSSR count). The molecular weight excluding hydrogens is 344 g/mol. The van der Waals surface area contributed by atoms with E-state index in [2.05, 4.69) is 35.8 Å². The maximum absolute atomic E-state index is 10.1. The molecule has 3 aliphatic rings. The first-order valence-electron chi connectivity index (χ1n) is 10.5. The number of likely N-dealkylation sites (N-methyl/N-ethyl adjacent to an activating group) is 1. The van der Waals surface area contributed by atoms with Gasteiger partial charge in [0, 0.05) is 24.5 Å². The molecule has 0 unspecified atom stereocenters. The van der Waals surface area contributed by atoms with E-state index in [0.29, 0.717) is 17.2 Å². The van der Waals surface area contributed by atoms with Gasteiger partial charge in [0.25, 0.3) is 0 Å². The Balaban J connectivity index is 0.00000196. The van der Waals surface area contributed by atoms with Crippen LogP contribution in [0.25, 0.3) is 0 Å². The van der Waals surface area contributed by atoms with Crippen molar-refractivity contribution >= 4 is 12.4 Å². The third kappa shape index (κ3) is 3.27. The van der Waals surface area contributed by atoms with Crippen LogP contribution in [0.4, 0.5) is 0 Å². The number of rotatable bonds is 5. The second kappa shape index (κ2) is 8.08. The lowest BCUT2D eigenvalue weighted by Gasteiger charge is -2.59. The molecule has 4 heteroatoms. The maximum atomic E-state index is 10.1. The molecule has 1 N–H and O–H groups in total. The van der Waals surface area contributed by atoms with Crippen LogP contribution in [0, 0.1) is 5.92 Å². The van der Waals surface area contributed by atoms with Crippen LogP contribution >= 0.6 is 12.4 Å². The Labute approximate surface area is 165 Å². The van der Waals surface area contributed by atoms with Crippen molar-refractivity contribution in [2.75, 3.05) is 32.7 Å². The van der Waals surface area contributed by atoms with Crippen molar-refractivity contribution in [1.29, 1.82) is 0 Å². The molecule has 2 fully saturated rings. The first-order chi connectivity index (χ1) is 12.2. The van der Waals surface area contributed by atoms with Crippen LogP contribution < -0.4 is 0 Å². The van der Waals surface area contributed by atoms with Crippen molar-refractivity contribution in [3.05, 3.63) is 29.3 Å². The van der Waals surface area contributed by atoms with E-state index in [-0.39, 0.29) is 12.4 Å². The predicted molar refractivity (Wildman–Crippen MR) is 110 cm³/mol. The molecule has 1 aliphatic heterocycles. The lowest BCUT2D eigenvalue weighted by Crippen LogP contribution is -2.61. The third-order valence-corrected chi connectivity index (χ3v) is 7.53. The summed E-state index contributed by atoms with van der Waals surface area (Å²) in [5.41, 5.74) is 3.35. The minimum absolute atomic E-state index is 0. The van der Waals surface area contributed by atoms with Gasteiger partial charge in [-0.3, -0.25) is 4.90 Å². The van der Waals surface area contributed by atoms with E-state index >= 15 is 0 Å². The average molecular weight is 379 g/mol. The molecule has 1 heterocycles. The van der Waals surface area contributed by atoms with Crippen LogP contribution in [0.15, 0.2) is 18.2 Å². The van der Waals surface area contributed by atoms with Gasteiger partial charge in [0.05, 0.1) is 0 Å². The monoisotopic (exact) mass is 378 g/mol. The van der Waals surface area contributed by atoms with Crippen molar-refractivity contribution in [3.63, 3.8) is 0 Å². The number of hydrogen-bond acceptors (Lipinski definition) is 3. The van der Waals surface area contributed by atoms with Crippen LogP contribution in [0.2, 0.25) is 0 Å². The van der Waals surface area contributed by atoms with E-state index in [0.717, 1.165) is 19.0 Å². The van der Waals surface area contributed by atoms with Gasteiger partial charge < -0.3 is 10.0 Å². The summed E-state index contributed by atoms with van der Waals surface area (Å²) in [5, 5.41) is 10.1. The molecule has 3 atom stereocenters. The second-order valence-electron chi connectivity index (χ2n) is 8.43. The van der Waals surface area contributed by atoms with Crippen LogP contribution in [-0.4, -0.2) is 53.7 Å². The first kappa shape index (κ1) is 20.0. The zero-order valence-corrected chi connectivity index (χ0v) is 17.2. The predicted octanol–water partition coefficient (Wildman–Crippen LogP) is 4.21. The number of hydrogen-bond donors (Lipinski definition) is 1. The smallest absolute Gasteiger partial charge is 0.115 e. The zero-order chi connectivity index (χ0) is 17.4. The third-order valence-electron chi connectivity index (χ3n) is 7.53. The minimum atomic E-state index is 0. The highest BCUT2D eigenvalue weighted by atomic mass is 35.5. The number of piperidine rings is 1. The molecule has 146 valence electrons. The van der Waals surface area contributed by atoms with E-state index in [4.69, 9.17) is 0 Å². The Bertz CT molecular complexity index is 618. The number of nitrogens with zero attached hydrogens (tertiary/aromatic N) is 2. The number of halogens is 1. The average Bonchev–Trinajstić information content (AvgIpc) is 2.64. The highest BCUT2D eigenvalue weighted by molar-refractivity contribution is 5.85. The number of phenols is 1. The van der Waals surface area contributed by atoms with Gasteiger partial charge in [-0.1, -0.05) is 32.8 Å². The Morgan fingerprint density at radius 1 is 1.19 bits per heavy atom. The van der Waals surface area contributed by atoms with Gasteiger partial charge in [0.1, 0.15) is 5.75 Å². The molecule has 0 spiro atoms. The van der Waals surface area contributed by atoms with Gasteiger partial charge in [-0.2, -0.15) is 0 Å². The number of benzene rings is 1. The molecule has 1 aromatic rings. The molecule has 2 aliphatic carbocycles. The number of aromatic hydroxyl groups is 1. The minimum Gasteiger partial charge on any atom is -0.508 e. The summed E-state index contributed by atoms with van der Waals surface area (Å²) in [6.45, 7) is 10.5. The highest BCUT2D eigenvalue weighted by Crippen LogP contribution is 2.56. The molecule has 1 saturated heterocycles. The van der Waals surface area contributed by atoms with Crippen molar-refractivity contribution in [2.45, 2.75) is 63.8 Å². The zero-order valence-electron chi connectivity index (χ0n) is 16.4. The topological polar surface area (TPSA) is 26.7 Å². The standard InChI is InChI=1S/C22H34N2O.ClH/c1-3-23(4-2)13-14-24-12-11-22-10-6-5-7-19(22)21(24)15-17-8-9-18(25)16-20(17)22;/h8-9,16,19,21,25H,3-7,10-15H2,1-2H3;1H/t19-,21+,22+;/m0./s1. The van der Waals surface area contributed by atoms with Gasteiger partial charge >= 0.3 is 0 Å². The van der Waals surface area contributed by atoms with Gasteiger partial charge in [0.2, 0.25) is 0 Å². The van der Waals surface area contributed by atoms with Gasteiger partial charge in [-0.15, -0.1) is 12.4 Å². The van der Waals surface area contributed by atoms with E-state index in [1.807, 2.05) is 6.07 Å². The molecule has 0 radical (unpaired) electrons. The normalized spacial score (nSPS) is 30.4. The lowest BCUT2D eigenvalue weighted by molar-refractivity contribution is -0.0146. The van der Waals surface area contributed by atoms with Gasteiger partial charge in [-0.25, -0.2) is 0 Å². The number of likely N-dealkylation sites (tertiary alicyclic amines) is 1. The molecule has 26 heavy (non-hydrogen) atoms. The summed E-state index contributed by atoms with van der Waals surface area (Å²) in [6, 6.07) is 6.92. The Morgan fingerprint density at radius 2 is 2.00 bits per heavy atom. The fourth-order valence-electron chi connectivity index (χ4n) is 6.16. The summed E-state index contributed by atoms with van der Waals surface area (Å²) in [6.07, 6.45) is 7.91. The number of fused-ring (bicyclic) bond motifs is 1. The van der Waals surface area contributed by atoms with Crippen LogP contribution in [0.3, 0.4) is 0 Å². The first-order valence-corrected chi connectivity index (χ1v) is 10.5. The lowest BCUT2D eigenvalue weighted by atomic mass is 9.52. The van der Waals surface area contributed by atoms with Crippen LogP contribution in [0.1, 0.15) is 57.1 Å². The van der Waals surface area contributed by atoms with Crippen molar-refractivity contribution in [3.8, 4) is 5.75 Å². The Hall–Kier alpha value is -0.770. The molecule has 1 saturated carbocycles. The van der Waals surface area contributed by atoms with Crippen molar-refractivity contribution in [2.24, 2.45) is 5.92 Å². The second-order valence-corrected chi connectivity index (χ2v) is 8.43. The SMILES string of the molecule is CCN(CC)CCN1CC[C@]23CCCC[C@H]2[C@H]1Cc1ccc(O)cc13.Cl. The Kier molecular flexibility index (Phi) is 6.21. The summed E-state index contributed by atoms with van der Waals surface area (Å²) in [7, 11) is 0. The Morgan fingerprint density at radius 3 is 2.77 bits per heavy atom. The molecular formula is C22H35ClN2O. The fraction of sp³-hybridized carbons (Fsp3) is 0.727.